The summed E-state index contributed by atoms with van der Waals surface area (Å²) in [5, 5.41) is 11.8. The number of aryl methyl sites for hydroxylation is 1. The van der Waals surface area contributed by atoms with Gasteiger partial charge in [0.05, 0.1) is 5.69 Å². The van der Waals surface area contributed by atoms with Gasteiger partial charge >= 0.3 is 0 Å². The van der Waals surface area contributed by atoms with Crippen molar-refractivity contribution in [2.45, 2.75) is 12.2 Å². The molecule has 0 unspecified atom stereocenters. The third-order valence-corrected chi connectivity index (χ3v) is 4.16. The topological polar surface area (TPSA) is 28.7 Å². The Labute approximate surface area is 90.7 Å². The molecule has 4 heteroatoms. The molecule has 0 radical (unpaired) electrons. The first-order valence-electron chi connectivity index (χ1n) is 4.61. The number of rotatable bonds is 1. The van der Waals surface area contributed by atoms with Crippen LogP contribution in [0.2, 0.25) is 0 Å². The second kappa shape index (κ2) is 3.44. The minimum Gasteiger partial charge on any atom is -0.282 e. The van der Waals surface area contributed by atoms with E-state index in [2.05, 4.69) is 27.0 Å². The molecule has 2 nitrogen and oxygen atoms in total. The van der Waals surface area contributed by atoms with Crippen molar-refractivity contribution < 1.29 is 0 Å². The van der Waals surface area contributed by atoms with Crippen LogP contribution in [0.3, 0.4) is 0 Å². The molecule has 0 spiro atoms. The lowest BCUT2D eigenvalue weighted by Crippen LogP contribution is -2.00. The first-order valence-corrected chi connectivity index (χ1v) is 6.71. The smallest absolute Gasteiger partial charge is 0.0972 e. The number of thioether (sulfide) groups is 1. The average molecular weight is 222 g/mol. The van der Waals surface area contributed by atoms with E-state index in [1.54, 1.807) is 11.3 Å². The van der Waals surface area contributed by atoms with Crippen LogP contribution in [0.5, 0.6) is 0 Å². The highest BCUT2D eigenvalue weighted by atomic mass is 32.2. The maximum Gasteiger partial charge on any atom is 0.0972 e. The number of H-pyrrole nitrogens is 1. The van der Waals surface area contributed by atoms with Gasteiger partial charge in [-0.05, 0) is 23.6 Å². The van der Waals surface area contributed by atoms with E-state index >= 15 is 0 Å². The summed E-state index contributed by atoms with van der Waals surface area (Å²) < 4.78 is 0. The minimum atomic E-state index is 1.11. The Morgan fingerprint density at radius 2 is 2.43 bits per heavy atom. The van der Waals surface area contributed by atoms with Crippen molar-refractivity contribution in [3.63, 3.8) is 0 Å². The van der Waals surface area contributed by atoms with Gasteiger partial charge in [0, 0.05) is 28.0 Å². The van der Waals surface area contributed by atoms with Crippen LogP contribution < -0.4 is 0 Å². The molecule has 2 aromatic rings. The second-order valence-electron chi connectivity index (χ2n) is 3.34. The Morgan fingerprint density at radius 1 is 1.43 bits per heavy atom. The van der Waals surface area contributed by atoms with Gasteiger partial charge in [-0.25, -0.2) is 0 Å². The number of hydrogen-bond acceptors (Lipinski definition) is 3. The number of aromatic nitrogens is 2. The van der Waals surface area contributed by atoms with Crippen molar-refractivity contribution in [1.82, 2.24) is 10.2 Å². The van der Waals surface area contributed by atoms with E-state index in [-0.39, 0.29) is 0 Å². The number of fused-ring (bicyclic) bond motifs is 1. The fourth-order valence-electron chi connectivity index (χ4n) is 1.75. The van der Waals surface area contributed by atoms with Crippen LogP contribution in [0.15, 0.2) is 16.8 Å². The highest BCUT2D eigenvalue weighted by Gasteiger charge is 2.17. The molecule has 72 valence electrons. The fraction of sp³-hybridized carbons (Fsp3) is 0.300. The SMILES string of the molecule is c1cc(-c2n[nH]c3c2CSCC3)cs1. The van der Waals surface area contributed by atoms with Crippen LogP contribution in [0.25, 0.3) is 11.3 Å². The molecule has 0 saturated carbocycles. The molecule has 14 heavy (non-hydrogen) atoms. The van der Waals surface area contributed by atoms with Crippen molar-refractivity contribution in [3.05, 3.63) is 28.1 Å². The van der Waals surface area contributed by atoms with Crippen molar-refractivity contribution in [2.24, 2.45) is 0 Å². The van der Waals surface area contributed by atoms with Crippen molar-refractivity contribution >= 4 is 23.1 Å². The molecule has 0 saturated heterocycles. The molecule has 3 heterocycles. The predicted molar refractivity (Wildman–Crippen MR) is 61.8 cm³/mol. The van der Waals surface area contributed by atoms with E-state index < -0.39 is 0 Å². The van der Waals surface area contributed by atoms with Gasteiger partial charge in [0.2, 0.25) is 0 Å². The third kappa shape index (κ3) is 1.29. The highest BCUT2D eigenvalue weighted by Crippen LogP contribution is 2.32. The van der Waals surface area contributed by atoms with E-state index in [1.807, 2.05) is 11.8 Å². The molecule has 2 aromatic heterocycles. The number of nitrogens with one attached hydrogen (secondary N) is 1. The molecular formula is C10H10N2S2. The summed E-state index contributed by atoms with van der Waals surface area (Å²) in [7, 11) is 0. The molecule has 0 aromatic carbocycles. The van der Waals surface area contributed by atoms with Crippen molar-refractivity contribution in [3.8, 4) is 11.3 Å². The first-order chi connectivity index (χ1) is 6.95. The lowest BCUT2D eigenvalue weighted by Gasteiger charge is -2.10. The summed E-state index contributed by atoms with van der Waals surface area (Å²) in [6, 6.07) is 2.14. The lowest BCUT2D eigenvalue weighted by molar-refractivity contribution is 0.966. The van der Waals surface area contributed by atoms with Crippen LogP contribution in [0, 0.1) is 0 Å². The van der Waals surface area contributed by atoms with Gasteiger partial charge < -0.3 is 0 Å². The van der Waals surface area contributed by atoms with Gasteiger partial charge in [0.15, 0.2) is 0 Å². The normalized spacial score (nSPS) is 15.4. The minimum absolute atomic E-state index is 1.11. The Kier molecular flexibility index (Phi) is 2.10. The Morgan fingerprint density at radius 3 is 3.29 bits per heavy atom. The van der Waals surface area contributed by atoms with Crippen LogP contribution in [-0.4, -0.2) is 16.0 Å². The Bertz CT molecular complexity index is 431. The van der Waals surface area contributed by atoms with Gasteiger partial charge in [0.1, 0.15) is 0 Å². The van der Waals surface area contributed by atoms with Crippen molar-refractivity contribution in [2.75, 3.05) is 5.75 Å². The number of aromatic amines is 1. The number of thiophene rings is 1. The Hall–Kier alpha value is -0.740. The van der Waals surface area contributed by atoms with E-state index in [9.17, 15) is 0 Å². The summed E-state index contributed by atoms with van der Waals surface area (Å²) >= 11 is 3.72. The molecule has 0 aliphatic carbocycles. The summed E-state index contributed by atoms with van der Waals surface area (Å²) in [6.45, 7) is 0. The summed E-state index contributed by atoms with van der Waals surface area (Å²) in [6.07, 6.45) is 1.14. The Balaban J connectivity index is 2.11. The summed E-state index contributed by atoms with van der Waals surface area (Å²) in [5.74, 6) is 2.33. The fourth-order valence-corrected chi connectivity index (χ4v) is 3.40. The molecule has 1 aliphatic heterocycles. The van der Waals surface area contributed by atoms with Gasteiger partial charge in [-0.3, -0.25) is 5.10 Å². The van der Waals surface area contributed by atoms with E-state index in [0.29, 0.717) is 0 Å². The number of hydrogen-bond donors (Lipinski definition) is 1. The monoisotopic (exact) mass is 222 g/mol. The maximum absolute atomic E-state index is 4.41. The maximum atomic E-state index is 4.41. The molecule has 0 bridgehead atoms. The lowest BCUT2D eigenvalue weighted by atomic mass is 10.1. The van der Waals surface area contributed by atoms with Crippen LogP contribution in [0.1, 0.15) is 11.3 Å². The van der Waals surface area contributed by atoms with Gasteiger partial charge in [-0.15, -0.1) is 0 Å². The molecule has 0 fully saturated rings. The second-order valence-corrected chi connectivity index (χ2v) is 5.23. The van der Waals surface area contributed by atoms with E-state index in [0.717, 1.165) is 17.9 Å². The van der Waals surface area contributed by atoms with Crippen LogP contribution in [-0.2, 0) is 12.2 Å². The molecule has 0 amide bonds. The molecular weight excluding hydrogens is 212 g/mol. The zero-order valence-corrected chi connectivity index (χ0v) is 9.25. The third-order valence-electron chi connectivity index (χ3n) is 2.49. The van der Waals surface area contributed by atoms with E-state index in [1.165, 1.54) is 22.6 Å². The molecule has 1 aliphatic rings. The number of nitrogens with zero attached hydrogens (tertiary/aromatic N) is 1. The largest absolute Gasteiger partial charge is 0.282 e. The van der Waals surface area contributed by atoms with Gasteiger partial charge in [0.25, 0.3) is 0 Å². The summed E-state index contributed by atoms with van der Waals surface area (Å²) in [4.78, 5) is 0. The highest BCUT2D eigenvalue weighted by molar-refractivity contribution is 7.98. The van der Waals surface area contributed by atoms with Gasteiger partial charge in [-0.1, -0.05) is 0 Å². The molecule has 1 N–H and O–H groups in total. The van der Waals surface area contributed by atoms with E-state index in [4.69, 9.17) is 0 Å². The predicted octanol–water partition coefficient (Wildman–Crippen LogP) is 2.93. The zero-order chi connectivity index (χ0) is 9.38. The molecule has 3 rings (SSSR count). The first kappa shape index (κ1) is 8.56. The van der Waals surface area contributed by atoms with Crippen LogP contribution >= 0.6 is 23.1 Å². The average Bonchev–Trinajstić information content (AvgIpc) is 2.85. The zero-order valence-electron chi connectivity index (χ0n) is 7.62. The summed E-state index contributed by atoms with van der Waals surface area (Å²) in [5.41, 5.74) is 5.17. The van der Waals surface area contributed by atoms with Crippen molar-refractivity contribution in [1.29, 1.82) is 0 Å². The quantitative estimate of drug-likeness (QED) is 0.803. The van der Waals surface area contributed by atoms with Crippen LogP contribution in [0.4, 0.5) is 0 Å². The standard InChI is InChI=1S/C10H10N2S2/c1-3-13-5-7(1)10-8-6-14-4-2-9(8)11-12-10/h1,3,5H,2,4,6H2,(H,11,12). The molecule has 0 atom stereocenters. The van der Waals surface area contributed by atoms with Gasteiger partial charge in [-0.2, -0.15) is 28.2 Å².